The van der Waals surface area contributed by atoms with Crippen LogP contribution in [0.3, 0.4) is 0 Å². The van der Waals surface area contributed by atoms with Crippen LogP contribution in [0.25, 0.3) is 11.1 Å². The second-order valence-corrected chi connectivity index (χ2v) is 9.75. The number of hydrogen-bond acceptors (Lipinski definition) is 4. The first-order chi connectivity index (χ1) is 17.0. The number of halogens is 3. The number of aromatic nitrogens is 1. The Hall–Kier alpha value is -2.87. The number of rotatable bonds is 6. The van der Waals surface area contributed by atoms with E-state index >= 15 is 0 Å². The number of carbonyl (C=O) groups excluding carboxylic acids is 1. The van der Waals surface area contributed by atoms with Gasteiger partial charge >= 0.3 is 0 Å². The van der Waals surface area contributed by atoms with Crippen molar-refractivity contribution in [2.24, 2.45) is 5.92 Å². The van der Waals surface area contributed by atoms with Gasteiger partial charge in [-0.05, 0) is 55.4 Å². The van der Waals surface area contributed by atoms with Crippen molar-refractivity contribution >= 4 is 17.5 Å². The van der Waals surface area contributed by atoms with Crippen LogP contribution in [-0.4, -0.2) is 29.5 Å². The second kappa shape index (κ2) is 10.4. The molecule has 35 heavy (non-hydrogen) atoms. The van der Waals surface area contributed by atoms with Gasteiger partial charge in [-0.1, -0.05) is 48.0 Å². The summed E-state index contributed by atoms with van der Waals surface area (Å²) in [6.07, 6.45) is 4.74. The number of carbonyl (C=O) groups is 1. The molecule has 3 N–H and O–H groups in total. The van der Waals surface area contributed by atoms with Gasteiger partial charge in [0.15, 0.2) is 5.82 Å². The van der Waals surface area contributed by atoms with E-state index in [2.05, 4.69) is 21.2 Å². The minimum atomic E-state index is -0.828. The van der Waals surface area contributed by atoms with E-state index in [9.17, 15) is 13.6 Å². The Morgan fingerprint density at radius 2 is 1.94 bits per heavy atom. The third-order valence-electron chi connectivity index (χ3n) is 7.07. The van der Waals surface area contributed by atoms with Crippen LogP contribution in [0.5, 0.6) is 0 Å². The monoisotopic (exact) mass is 496 g/mol. The van der Waals surface area contributed by atoms with Gasteiger partial charge in [0, 0.05) is 30.4 Å². The van der Waals surface area contributed by atoms with Crippen molar-refractivity contribution in [1.29, 1.82) is 0 Å². The zero-order valence-electron chi connectivity index (χ0n) is 19.1. The SMILES string of the molecule is O=C(NC1CCC2CNNC2C1)C(Cc1ccccc1)c1ccc(-c2c(F)ccc(Cl)c2F)cn1. The number of nitrogens with zero attached hydrogens (tertiary/aromatic N) is 1. The molecule has 4 atom stereocenters. The van der Waals surface area contributed by atoms with Crippen LogP contribution < -0.4 is 16.2 Å². The summed E-state index contributed by atoms with van der Waals surface area (Å²) in [6, 6.07) is 15.8. The lowest BCUT2D eigenvalue weighted by atomic mass is 9.82. The van der Waals surface area contributed by atoms with Gasteiger partial charge in [-0.25, -0.2) is 8.78 Å². The molecule has 0 spiro atoms. The minimum absolute atomic E-state index is 0.0864. The molecule has 0 radical (unpaired) electrons. The maximum absolute atomic E-state index is 14.5. The fraction of sp³-hybridized carbons (Fsp3) is 0.333. The molecule has 8 heteroatoms. The quantitative estimate of drug-likeness (QED) is 0.430. The summed E-state index contributed by atoms with van der Waals surface area (Å²) in [5.74, 6) is -1.57. The number of amides is 1. The Balaban J connectivity index is 1.39. The molecule has 2 heterocycles. The predicted octanol–water partition coefficient (Wildman–Crippen LogP) is 4.77. The number of nitrogens with one attached hydrogen (secondary N) is 3. The van der Waals surface area contributed by atoms with E-state index < -0.39 is 17.6 Å². The van der Waals surface area contributed by atoms with Crippen LogP contribution in [-0.2, 0) is 11.2 Å². The van der Waals surface area contributed by atoms with Gasteiger partial charge in [0.2, 0.25) is 5.91 Å². The lowest BCUT2D eigenvalue weighted by Gasteiger charge is -2.32. The molecule has 1 saturated heterocycles. The first kappa shape index (κ1) is 23.9. The first-order valence-corrected chi connectivity index (χ1v) is 12.3. The summed E-state index contributed by atoms with van der Waals surface area (Å²) in [5.41, 5.74) is 8.13. The van der Waals surface area contributed by atoms with Gasteiger partial charge in [-0.15, -0.1) is 0 Å². The number of benzene rings is 2. The summed E-state index contributed by atoms with van der Waals surface area (Å²) in [6.45, 7) is 0.964. The number of hydrogen-bond donors (Lipinski definition) is 3. The van der Waals surface area contributed by atoms with Gasteiger partial charge in [0.05, 0.1) is 22.2 Å². The minimum Gasteiger partial charge on any atom is -0.353 e. The average Bonchev–Trinajstić information content (AvgIpc) is 3.34. The molecular weight excluding hydrogens is 470 g/mol. The molecule has 0 bridgehead atoms. The van der Waals surface area contributed by atoms with Gasteiger partial charge in [-0.2, -0.15) is 0 Å². The van der Waals surface area contributed by atoms with Crippen LogP contribution in [0.1, 0.15) is 36.4 Å². The Labute approximate surface area is 208 Å². The van der Waals surface area contributed by atoms with Gasteiger partial charge < -0.3 is 5.32 Å². The van der Waals surface area contributed by atoms with Crippen molar-refractivity contribution < 1.29 is 13.6 Å². The molecule has 1 aromatic heterocycles. The summed E-state index contributed by atoms with van der Waals surface area (Å²) >= 11 is 5.85. The predicted molar refractivity (Wildman–Crippen MR) is 132 cm³/mol. The third kappa shape index (κ3) is 5.22. The Morgan fingerprint density at radius 3 is 2.71 bits per heavy atom. The molecule has 182 valence electrons. The van der Waals surface area contributed by atoms with Gasteiger partial charge in [0.1, 0.15) is 5.82 Å². The molecule has 2 fully saturated rings. The molecule has 3 aromatic rings. The smallest absolute Gasteiger partial charge is 0.229 e. The Kier molecular flexibility index (Phi) is 7.09. The highest BCUT2D eigenvalue weighted by Gasteiger charge is 2.35. The standard InChI is InChI=1S/C27H27ClF2N4O/c28-21-9-10-22(29)25(26(21)30)18-7-11-23(31-14-18)20(12-16-4-2-1-3-5-16)27(35)33-19-8-6-17-15-32-34-24(17)13-19/h1-5,7,9-11,14,17,19-20,24,32,34H,6,8,12-13,15H2,(H,33,35). The molecule has 4 unspecified atom stereocenters. The lowest BCUT2D eigenvalue weighted by molar-refractivity contribution is -0.123. The molecule has 1 aliphatic carbocycles. The summed E-state index contributed by atoms with van der Waals surface area (Å²) in [4.78, 5) is 18.0. The highest BCUT2D eigenvalue weighted by molar-refractivity contribution is 6.31. The molecule has 1 amide bonds. The molecule has 1 saturated carbocycles. The summed E-state index contributed by atoms with van der Waals surface area (Å²) < 4.78 is 28.8. The fourth-order valence-corrected chi connectivity index (χ4v) is 5.30. The lowest BCUT2D eigenvalue weighted by Crippen LogP contribution is -2.46. The van der Waals surface area contributed by atoms with Crippen molar-refractivity contribution in [1.82, 2.24) is 21.2 Å². The first-order valence-electron chi connectivity index (χ1n) is 11.9. The van der Waals surface area contributed by atoms with E-state index in [1.165, 1.54) is 12.3 Å². The van der Waals surface area contributed by atoms with Crippen molar-refractivity contribution in [3.8, 4) is 11.1 Å². The number of fused-ring (bicyclic) bond motifs is 1. The van der Waals surface area contributed by atoms with E-state index in [0.29, 0.717) is 24.1 Å². The van der Waals surface area contributed by atoms with E-state index in [4.69, 9.17) is 11.6 Å². The van der Waals surface area contributed by atoms with Crippen LogP contribution in [0, 0.1) is 17.6 Å². The largest absolute Gasteiger partial charge is 0.353 e. The molecule has 2 aliphatic rings. The molecule has 5 rings (SSSR count). The van der Waals surface area contributed by atoms with Crippen LogP contribution in [0.2, 0.25) is 5.02 Å². The highest BCUT2D eigenvalue weighted by atomic mass is 35.5. The maximum Gasteiger partial charge on any atom is 0.229 e. The normalized spacial score (nSPS) is 22.4. The van der Waals surface area contributed by atoms with Crippen LogP contribution in [0.15, 0.2) is 60.8 Å². The van der Waals surface area contributed by atoms with Crippen LogP contribution in [0.4, 0.5) is 8.78 Å². The maximum atomic E-state index is 14.5. The van der Waals surface area contributed by atoms with E-state index in [1.54, 1.807) is 12.1 Å². The van der Waals surface area contributed by atoms with Crippen LogP contribution >= 0.6 is 11.6 Å². The van der Waals surface area contributed by atoms with Crippen molar-refractivity contribution in [2.75, 3.05) is 6.54 Å². The van der Waals surface area contributed by atoms with E-state index in [0.717, 1.165) is 37.4 Å². The van der Waals surface area contributed by atoms with Crippen molar-refractivity contribution in [3.63, 3.8) is 0 Å². The van der Waals surface area contributed by atoms with Crippen molar-refractivity contribution in [2.45, 2.75) is 43.7 Å². The fourth-order valence-electron chi connectivity index (χ4n) is 5.14. The summed E-state index contributed by atoms with van der Waals surface area (Å²) in [7, 11) is 0. The zero-order valence-corrected chi connectivity index (χ0v) is 19.9. The topological polar surface area (TPSA) is 66.1 Å². The van der Waals surface area contributed by atoms with Gasteiger partial charge in [-0.3, -0.25) is 20.6 Å². The third-order valence-corrected chi connectivity index (χ3v) is 7.36. The average molecular weight is 497 g/mol. The molecule has 2 aromatic carbocycles. The molecular formula is C27H27ClF2N4O. The molecule has 1 aliphatic heterocycles. The second-order valence-electron chi connectivity index (χ2n) is 9.34. The van der Waals surface area contributed by atoms with E-state index in [-0.39, 0.29) is 28.1 Å². The highest BCUT2D eigenvalue weighted by Crippen LogP contribution is 2.32. The zero-order chi connectivity index (χ0) is 24.4. The number of hydrazine groups is 1. The van der Waals surface area contributed by atoms with Crippen molar-refractivity contribution in [3.05, 3.63) is 88.7 Å². The Bertz CT molecular complexity index is 1190. The number of pyridine rings is 1. The Morgan fingerprint density at radius 1 is 1.11 bits per heavy atom. The molecule has 5 nitrogen and oxygen atoms in total. The van der Waals surface area contributed by atoms with E-state index in [1.807, 2.05) is 30.3 Å². The van der Waals surface area contributed by atoms with Gasteiger partial charge in [0.25, 0.3) is 0 Å². The summed E-state index contributed by atoms with van der Waals surface area (Å²) in [5, 5.41) is 3.08.